The Morgan fingerprint density at radius 3 is 2.77 bits per heavy atom. The first-order valence-electron chi connectivity index (χ1n) is 7.85. The molecule has 1 fully saturated rings. The summed E-state index contributed by atoms with van der Waals surface area (Å²) in [5, 5.41) is 3.08. The van der Waals surface area contributed by atoms with Gasteiger partial charge in [0.05, 0.1) is 20.3 Å². The molecule has 1 aliphatic rings. The number of amides is 1. The zero-order chi connectivity index (χ0) is 15.9. The van der Waals surface area contributed by atoms with Crippen molar-refractivity contribution in [3.8, 4) is 5.75 Å². The molecule has 0 unspecified atom stereocenters. The lowest BCUT2D eigenvalue weighted by molar-refractivity contribution is 0.0363. The topological polar surface area (TPSA) is 50.8 Å². The second-order valence-corrected chi connectivity index (χ2v) is 5.80. The molecule has 5 nitrogen and oxygen atoms in total. The van der Waals surface area contributed by atoms with Gasteiger partial charge in [-0.1, -0.05) is 0 Å². The molecule has 122 valence electrons. The van der Waals surface area contributed by atoms with Crippen molar-refractivity contribution in [3.63, 3.8) is 0 Å². The van der Waals surface area contributed by atoms with Crippen molar-refractivity contribution in [2.24, 2.45) is 0 Å². The average Bonchev–Trinajstić information content (AvgIpc) is 2.53. The summed E-state index contributed by atoms with van der Waals surface area (Å²) in [6.07, 6.45) is 0.945. The van der Waals surface area contributed by atoms with E-state index in [-0.39, 0.29) is 11.9 Å². The first-order chi connectivity index (χ1) is 10.6. The molecule has 0 bridgehead atoms. The highest BCUT2D eigenvalue weighted by Gasteiger charge is 2.15. The van der Waals surface area contributed by atoms with Gasteiger partial charge in [0.15, 0.2) is 0 Å². The highest BCUT2D eigenvalue weighted by molar-refractivity contribution is 5.95. The van der Waals surface area contributed by atoms with Crippen LogP contribution in [0.1, 0.15) is 29.3 Å². The van der Waals surface area contributed by atoms with Gasteiger partial charge in [0.1, 0.15) is 5.75 Å². The lowest BCUT2D eigenvalue weighted by Crippen LogP contribution is -2.40. The van der Waals surface area contributed by atoms with Gasteiger partial charge in [0.25, 0.3) is 5.91 Å². The van der Waals surface area contributed by atoms with Crippen LogP contribution < -0.4 is 10.1 Å². The molecule has 22 heavy (non-hydrogen) atoms. The van der Waals surface area contributed by atoms with Crippen molar-refractivity contribution in [2.45, 2.75) is 26.3 Å². The summed E-state index contributed by atoms with van der Waals surface area (Å²) < 4.78 is 10.5. The third-order valence-electron chi connectivity index (χ3n) is 4.04. The van der Waals surface area contributed by atoms with E-state index in [0.717, 1.165) is 50.6 Å². The van der Waals surface area contributed by atoms with Crippen LogP contribution in [0.3, 0.4) is 0 Å². The number of hydrogen-bond donors (Lipinski definition) is 1. The maximum absolute atomic E-state index is 12.3. The highest BCUT2D eigenvalue weighted by Crippen LogP contribution is 2.17. The molecule has 0 aliphatic carbocycles. The molecule has 0 radical (unpaired) electrons. The molecule has 0 spiro atoms. The Morgan fingerprint density at radius 1 is 1.41 bits per heavy atom. The normalized spacial score (nSPS) is 17.0. The minimum absolute atomic E-state index is 0.0189. The van der Waals surface area contributed by atoms with Crippen molar-refractivity contribution < 1.29 is 14.3 Å². The zero-order valence-electron chi connectivity index (χ0n) is 13.7. The lowest BCUT2D eigenvalue weighted by Gasteiger charge is -2.27. The van der Waals surface area contributed by atoms with E-state index in [9.17, 15) is 4.79 Å². The second-order valence-electron chi connectivity index (χ2n) is 5.80. The molecule has 1 amide bonds. The Bertz CT molecular complexity index is 499. The number of nitrogens with one attached hydrogen (secondary N) is 1. The van der Waals surface area contributed by atoms with Gasteiger partial charge in [-0.15, -0.1) is 0 Å². The van der Waals surface area contributed by atoms with Gasteiger partial charge in [0, 0.05) is 31.2 Å². The number of carbonyl (C=O) groups is 1. The molecule has 1 N–H and O–H groups in total. The maximum Gasteiger partial charge on any atom is 0.251 e. The SMILES string of the molecule is COc1ccc(C(=O)N[C@@H](C)CCN2CCOCC2)c(C)c1. The molecule has 1 heterocycles. The van der Waals surface area contributed by atoms with E-state index in [0.29, 0.717) is 5.56 Å². The van der Waals surface area contributed by atoms with Crippen molar-refractivity contribution in [2.75, 3.05) is 40.0 Å². The molecular formula is C17H26N2O3. The molecule has 1 aromatic rings. The zero-order valence-corrected chi connectivity index (χ0v) is 13.7. The summed E-state index contributed by atoms with van der Waals surface area (Å²) in [5.41, 5.74) is 1.64. The fourth-order valence-corrected chi connectivity index (χ4v) is 2.59. The van der Waals surface area contributed by atoms with Gasteiger partial charge >= 0.3 is 0 Å². The van der Waals surface area contributed by atoms with Gasteiger partial charge in [0.2, 0.25) is 0 Å². The Balaban J connectivity index is 1.82. The Kier molecular flexibility index (Phi) is 6.21. The van der Waals surface area contributed by atoms with Crippen molar-refractivity contribution >= 4 is 5.91 Å². The standard InChI is InChI=1S/C17H26N2O3/c1-13-12-15(21-3)4-5-16(13)17(20)18-14(2)6-7-19-8-10-22-11-9-19/h4-5,12,14H,6-11H2,1-3H3,(H,18,20)/t14-/m0/s1. The number of methoxy groups -OCH3 is 1. The molecule has 1 aliphatic heterocycles. The van der Waals surface area contributed by atoms with E-state index in [2.05, 4.69) is 17.1 Å². The van der Waals surface area contributed by atoms with Gasteiger partial charge < -0.3 is 14.8 Å². The van der Waals surface area contributed by atoms with Crippen LogP contribution in [0.25, 0.3) is 0 Å². The van der Waals surface area contributed by atoms with Crippen LogP contribution in [0.2, 0.25) is 0 Å². The van der Waals surface area contributed by atoms with E-state index in [1.54, 1.807) is 7.11 Å². The summed E-state index contributed by atoms with van der Waals surface area (Å²) in [5.74, 6) is 0.754. The van der Waals surface area contributed by atoms with Crippen LogP contribution in [0.4, 0.5) is 0 Å². The monoisotopic (exact) mass is 306 g/mol. The first kappa shape index (κ1) is 16.8. The summed E-state index contributed by atoms with van der Waals surface area (Å²) in [7, 11) is 1.63. The van der Waals surface area contributed by atoms with E-state index < -0.39 is 0 Å². The van der Waals surface area contributed by atoms with Gasteiger partial charge in [-0.2, -0.15) is 0 Å². The molecule has 1 saturated heterocycles. The smallest absolute Gasteiger partial charge is 0.251 e. The fourth-order valence-electron chi connectivity index (χ4n) is 2.59. The van der Waals surface area contributed by atoms with Gasteiger partial charge in [-0.3, -0.25) is 9.69 Å². The summed E-state index contributed by atoms with van der Waals surface area (Å²) in [6.45, 7) is 8.56. The first-order valence-corrected chi connectivity index (χ1v) is 7.85. The van der Waals surface area contributed by atoms with Crippen LogP contribution in [0, 0.1) is 6.92 Å². The van der Waals surface area contributed by atoms with E-state index in [4.69, 9.17) is 9.47 Å². The lowest BCUT2D eigenvalue weighted by atomic mass is 10.1. The summed E-state index contributed by atoms with van der Waals surface area (Å²) in [4.78, 5) is 14.7. The summed E-state index contributed by atoms with van der Waals surface area (Å²) in [6, 6.07) is 5.67. The minimum Gasteiger partial charge on any atom is -0.497 e. The fraction of sp³-hybridized carbons (Fsp3) is 0.588. The van der Waals surface area contributed by atoms with E-state index in [1.165, 1.54) is 0 Å². The number of ether oxygens (including phenoxy) is 2. The number of aryl methyl sites for hydroxylation is 1. The molecule has 2 rings (SSSR count). The van der Waals surface area contributed by atoms with Crippen molar-refractivity contribution in [3.05, 3.63) is 29.3 Å². The Morgan fingerprint density at radius 2 is 2.14 bits per heavy atom. The minimum atomic E-state index is -0.0189. The van der Waals surface area contributed by atoms with Crippen LogP contribution in [-0.4, -0.2) is 56.8 Å². The Hall–Kier alpha value is -1.59. The van der Waals surface area contributed by atoms with Crippen LogP contribution in [-0.2, 0) is 4.74 Å². The van der Waals surface area contributed by atoms with Gasteiger partial charge in [-0.05, 0) is 44.0 Å². The molecule has 1 atom stereocenters. The summed E-state index contributed by atoms with van der Waals surface area (Å²) >= 11 is 0. The highest BCUT2D eigenvalue weighted by atomic mass is 16.5. The van der Waals surface area contributed by atoms with Crippen LogP contribution in [0.5, 0.6) is 5.75 Å². The van der Waals surface area contributed by atoms with Crippen molar-refractivity contribution in [1.82, 2.24) is 10.2 Å². The van der Waals surface area contributed by atoms with Gasteiger partial charge in [-0.25, -0.2) is 0 Å². The van der Waals surface area contributed by atoms with E-state index in [1.807, 2.05) is 25.1 Å². The molecule has 0 saturated carbocycles. The number of rotatable bonds is 6. The largest absolute Gasteiger partial charge is 0.497 e. The molecule has 0 aromatic heterocycles. The predicted octanol–water partition coefficient (Wildman–Crippen LogP) is 1.84. The number of hydrogen-bond acceptors (Lipinski definition) is 4. The quantitative estimate of drug-likeness (QED) is 0.871. The predicted molar refractivity (Wildman–Crippen MR) is 86.5 cm³/mol. The molecule has 5 heteroatoms. The number of benzene rings is 1. The molecular weight excluding hydrogens is 280 g/mol. The third kappa shape index (κ3) is 4.71. The van der Waals surface area contributed by atoms with E-state index >= 15 is 0 Å². The second kappa shape index (κ2) is 8.15. The maximum atomic E-state index is 12.3. The third-order valence-corrected chi connectivity index (χ3v) is 4.04. The average molecular weight is 306 g/mol. The number of carbonyl (C=O) groups excluding carboxylic acids is 1. The van der Waals surface area contributed by atoms with Crippen molar-refractivity contribution in [1.29, 1.82) is 0 Å². The molecule has 1 aromatic carbocycles. The number of nitrogens with zero attached hydrogens (tertiary/aromatic N) is 1. The van der Waals surface area contributed by atoms with Crippen LogP contribution >= 0.6 is 0 Å². The van der Waals surface area contributed by atoms with Crippen LogP contribution in [0.15, 0.2) is 18.2 Å². The Labute approximate surface area is 132 Å². The number of morpholine rings is 1.